The number of halogens is 2. The van der Waals surface area contributed by atoms with E-state index in [0.29, 0.717) is 22.1 Å². The summed E-state index contributed by atoms with van der Waals surface area (Å²) >= 11 is 6.14. The van der Waals surface area contributed by atoms with Crippen molar-refractivity contribution in [3.8, 4) is 16.9 Å². The lowest BCUT2D eigenvalue weighted by Gasteiger charge is -2.08. The minimum atomic E-state index is -0.374. The van der Waals surface area contributed by atoms with E-state index in [2.05, 4.69) is 15.4 Å². The van der Waals surface area contributed by atoms with Crippen molar-refractivity contribution < 1.29 is 9.18 Å². The van der Waals surface area contributed by atoms with Gasteiger partial charge in [-0.3, -0.25) is 9.78 Å². The third-order valence-electron chi connectivity index (χ3n) is 4.49. The topological polar surface area (TPSA) is 59.8 Å². The quantitative estimate of drug-likeness (QED) is 0.501. The Morgan fingerprint density at radius 2 is 1.90 bits per heavy atom. The molecule has 0 aliphatic heterocycles. The van der Waals surface area contributed by atoms with E-state index in [9.17, 15) is 9.18 Å². The van der Waals surface area contributed by atoms with Gasteiger partial charge in [0.05, 0.1) is 11.4 Å². The van der Waals surface area contributed by atoms with Crippen molar-refractivity contribution >= 4 is 23.2 Å². The predicted molar refractivity (Wildman–Crippen MR) is 111 cm³/mol. The number of aromatic nitrogens is 3. The Bertz CT molecular complexity index is 1170. The number of anilines is 1. The number of hydrogen-bond acceptors (Lipinski definition) is 3. The molecule has 144 valence electrons. The van der Waals surface area contributed by atoms with Gasteiger partial charge >= 0.3 is 0 Å². The lowest BCUT2D eigenvalue weighted by atomic mass is 10.1. The zero-order valence-corrected chi connectivity index (χ0v) is 16.2. The largest absolute Gasteiger partial charge is 0.320 e. The van der Waals surface area contributed by atoms with Crippen LogP contribution in [0.15, 0.2) is 73.1 Å². The summed E-state index contributed by atoms with van der Waals surface area (Å²) in [6.07, 6.45) is 3.34. The maximum Gasteiger partial charge on any atom is 0.276 e. The van der Waals surface area contributed by atoms with Crippen LogP contribution in [0.5, 0.6) is 0 Å². The van der Waals surface area contributed by atoms with Gasteiger partial charge in [0.2, 0.25) is 0 Å². The summed E-state index contributed by atoms with van der Waals surface area (Å²) in [5, 5.41) is 7.87. The summed E-state index contributed by atoms with van der Waals surface area (Å²) in [4.78, 5) is 17.0. The Hall–Kier alpha value is -3.51. The Labute approximate surface area is 171 Å². The van der Waals surface area contributed by atoms with Crippen LogP contribution in [0.2, 0.25) is 5.02 Å². The van der Waals surface area contributed by atoms with Crippen molar-refractivity contribution in [3.05, 3.63) is 95.2 Å². The molecule has 0 saturated carbocycles. The minimum absolute atomic E-state index is 0.215. The number of carbonyl (C=O) groups excluding carboxylic acids is 1. The molecule has 0 aliphatic carbocycles. The van der Waals surface area contributed by atoms with Crippen molar-refractivity contribution in [2.75, 3.05) is 5.32 Å². The van der Waals surface area contributed by atoms with Gasteiger partial charge < -0.3 is 5.32 Å². The summed E-state index contributed by atoms with van der Waals surface area (Å²) in [5.41, 5.74) is 3.67. The number of benzene rings is 2. The van der Waals surface area contributed by atoms with Crippen LogP contribution < -0.4 is 5.32 Å². The predicted octanol–water partition coefficient (Wildman–Crippen LogP) is 5.29. The van der Waals surface area contributed by atoms with Gasteiger partial charge in [-0.2, -0.15) is 5.10 Å². The maximum absolute atomic E-state index is 13.4. The molecule has 0 aliphatic rings. The van der Waals surface area contributed by atoms with E-state index in [-0.39, 0.29) is 17.4 Å². The zero-order chi connectivity index (χ0) is 20.4. The van der Waals surface area contributed by atoms with Gasteiger partial charge in [-0.15, -0.1) is 0 Å². The zero-order valence-electron chi connectivity index (χ0n) is 15.4. The average molecular weight is 407 g/mol. The van der Waals surface area contributed by atoms with Crippen LogP contribution in [-0.4, -0.2) is 20.7 Å². The van der Waals surface area contributed by atoms with Crippen molar-refractivity contribution in [2.24, 2.45) is 0 Å². The normalized spacial score (nSPS) is 10.7. The van der Waals surface area contributed by atoms with Crippen LogP contribution in [0.3, 0.4) is 0 Å². The first kappa shape index (κ1) is 18.8. The summed E-state index contributed by atoms with van der Waals surface area (Å²) in [7, 11) is 0. The second-order valence-electron chi connectivity index (χ2n) is 6.41. The fraction of sp³-hybridized carbons (Fsp3) is 0.0455. The van der Waals surface area contributed by atoms with E-state index in [1.54, 1.807) is 59.5 Å². The van der Waals surface area contributed by atoms with Gasteiger partial charge in [-0.25, -0.2) is 9.07 Å². The van der Waals surface area contributed by atoms with E-state index in [1.807, 2.05) is 13.0 Å². The molecule has 0 atom stereocenters. The molecular formula is C22H16ClFN4O. The monoisotopic (exact) mass is 406 g/mol. The van der Waals surface area contributed by atoms with Crippen LogP contribution in [0.1, 0.15) is 16.1 Å². The molecule has 1 N–H and O–H groups in total. The molecule has 7 heteroatoms. The molecule has 0 fully saturated rings. The number of amides is 1. The Morgan fingerprint density at radius 3 is 2.62 bits per heavy atom. The number of rotatable bonds is 4. The highest BCUT2D eigenvalue weighted by atomic mass is 35.5. The number of carbonyl (C=O) groups is 1. The number of nitrogens with zero attached hydrogens (tertiary/aromatic N) is 3. The molecule has 2 aromatic carbocycles. The van der Waals surface area contributed by atoms with Gasteiger partial charge in [0, 0.05) is 28.7 Å². The van der Waals surface area contributed by atoms with E-state index in [4.69, 9.17) is 11.6 Å². The number of pyridine rings is 1. The number of nitrogens with one attached hydrogen (secondary N) is 1. The van der Waals surface area contributed by atoms with Gasteiger partial charge in [0.15, 0.2) is 5.69 Å². The first-order valence-corrected chi connectivity index (χ1v) is 9.23. The van der Waals surface area contributed by atoms with Gasteiger partial charge in [0.1, 0.15) is 5.82 Å². The first-order chi connectivity index (χ1) is 14.0. The number of hydrogen-bond donors (Lipinski definition) is 1. The van der Waals surface area contributed by atoms with Crippen LogP contribution in [0.25, 0.3) is 16.9 Å². The summed E-state index contributed by atoms with van der Waals surface area (Å²) in [6.45, 7) is 1.83. The van der Waals surface area contributed by atoms with E-state index < -0.39 is 0 Å². The molecule has 0 unspecified atom stereocenters. The molecule has 1 amide bonds. The Balaban J connectivity index is 1.75. The molecule has 0 bridgehead atoms. The second kappa shape index (κ2) is 7.85. The van der Waals surface area contributed by atoms with Crippen molar-refractivity contribution in [3.63, 3.8) is 0 Å². The van der Waals surface area contributed by atoms with Gasteiger partial charge in [-0.1, -0.05) is 17.7 Å². The van der Waals surface area contributed by atoms with Crippen molar-refractivity contribution in [1.29, 1.82) is 0 Å². The molecule has 2 heterocycles. The second-order valence-corrected chi connectivity index (χ2v) is 6.82. The SMILES string of the molecule is Cc1c(Cl)cccc1NC(=O)c1cc(-c2cccnc2)n(-c2ccc(F)cc2)n1. The van der Waals surface area contributed by atoms with Gasteiger partial charge in [0.25, 0.3) is 5.91 Å². The lowest BCUT2D eigenvalue weighted by Crippen LogP contribution is -2.14. The molecule has 4 rings (SSSR count). The van der Waals surface area contributed by atoms with E-state index in [0.717, 1.165) is 11.1 Å². The molecule has 0 spiro atoms. The molecule has 2 aromatic heterocycles. The van der Waals surface area contributed by atoms with Crippen LogP contribution in [0.4, 0.5) is 10.1 Å². The molecule has 0 radical (unpaired) electrons. The highest BCUT2D eigenvalue weighted by Gasteiger charge is 2.18. The highest BCUT2D eigenvalue weighted by molar-refractivity contribution is 6.31. The maximum atomic E-state index is 13.4. The summed E-state index contributed by atoms with van der Waals surface area (Å²) in [6, 6.07) is 16.5. The van der Waals surface area contributed by atoms with Crippen LogP contribution in [0, 0.1) is 12.7 Å². The lowest BCUT2D eigenvalue weighted by molar-refractivity contribution is 0.102. The fourth-order valence-electron chi connectivity index (χ4n) is 2.92. The Morgan fingerprint density at radius 1 is 1.10 bits per heavy atom. The first-order valence-electron chi connectivity index (χ1n) is 8.86. The molecule has 29 heavy (non-hydrogen) atoms. The average Bonchev–Trinajstić information content (AvgIpc) is 3.18. The third-order valence-corrected chi connectivity index (χ3v) is 4.90. The smallest absolute Gasteiger partial charge is 0.276 e. The van der Waals surface area contributed by atoms with Crippen molar-refractivity contribution in [1.82, 2.24) is 14.8 Å². The fourth-order valence-corrected chi connectivity index (χ4v) is 3.09. The molecule has 5 nitrogen and oxygen atoms in total. The standard InChI is InChI=1S/C22H16ClFN4O/c1-14-18(23)5-2-6-19(14)26-22(29)20-12-21(15-4-3-11-25-13-15)28(27-20)17-9-7-16(24)8-10-17/h2-13H,1H3,(H,26,29). The molecular weight excluding hydrogens is 391 g/mol. The molecule has 4 aromatic rings. The van der Waals surface area contributed by atoms with Crippen LogP contribution in [-0.2, 0) is 0 Å². The van der Waals surface area contributed by atoms with Crippen LogP contribution >= 0.6 is 11.6 Å². The van der Waals surface area contributed by atoms with E-state index >= 15 is 0 Å². The Kier molecular flexibility index (Phi) is 5.10. The third kappa shape index (κ3) is 3.88. The minimum Gasteiger partial charge on any atom is -0.320 e. The molecule has 0 saturated heterocycles. The summed E-state index contributed by atoms with van der Waals surface area (Å²) in [5.74, 6) is -0.723. The van der Waals surface area contributed by atoms with Crippen molar-refractivity contribution in [2.45, 2.75) is 6.92 Å². The summed E-state index contributed by atoms with van der Waals surface area (Å²) < 4.78 is 15.0. The highest BCUT2D eigenvalue weighted by Crippen LogP contribution is 2.26. The van der Waals surface area contributed by atoms with Gasteiger partial charge in [-0.05, 0) is 67.1 Å². The van der Waals surface area contributed by atoms with E-state index in [1.165, 1.54) is 12.1 Å².